The van der Waals surface area contributed by atoms with Crippen LogP contribution in [0.15, 0.2) is 35.4 Å². The third kappa shape index (κ3) is 6.18. The normalized spacial score (nSPS) is 17.4. The van der Waals surface area contributed by atoms with Crippen molar-refractivity contribution in [3.05, 3.63) is 35.4 Å². The molecule has 6 heteroatoms. The summed E-state index contributed by atoms with van der Waals surface area (Å²) in [6.45, 7) is 8.19. The van der Waals surface area contributed by atoms with Gasteiger partial charge in [0.1, 0.15) is 6.73 Å². The number of allylic oxidation sites excluding steroid dienone is 3. The molecule has 0 fully saturated rings. The Kier molecular flexibility index (Phi) is 6.71. The van der Waals surface area contributed by atoms with Crippen molar-refractivity contribution in [3.8, 4) is 0 Å². The number of hydrogen-bond donors (Lipinski definition) is 2. The van der Waals surface area contributed by atoms with Crippen molar-refractivity contribution < 1.29 is 14.2 Å². The maximum Gasteiger partial charge on any atom is 0.162 e. The summed E-state index contributed by atoms with van der Waals surface area (Å²) in [5, 5.41) is 11.0. The third-order valence-corrected chi connectivity index (χ3v) is 4.70. The number of hydrogen-bond acceptors (Lipinski definition) is 5. The molecule has 2 N–H and O–H groups in total. The van der Waals surface area contributed by atoms with Crippen LogP contribution in [0.25, 0.3) is 0 Å². The first-order valence-corrected chi connectivity index (χ1v) is 10.7. The number of nitrogens with one attached hydrogen (secondary N) is 2. The van der Waals surface area contributed by atoms with E-state index in [1.54, 1.807) is 32.6 Å². The second-order valence-electron chi connectivity index (χ2n) is 6.01. The molecule has 1 aliphatic carbocycles. The van der Waals surface area contributed by atoms with Crippen molar-refractivity contribution in [1.29, 1.82) is 5.41 Å². The minimum Gasteiger partial charge on any atom is -0.493 e. The average Bonchev–Trinajstić information content (AvgIpc) is 2.42. The van der Waals surface area contributed by atoms with Crippen molar-refractivity contribution in [2.45, 2.75) is 25.7 Å². The lowest BCUT2D eigenvalue weighted by molar-refractivity contribution is 0.137. The first kappa shape index (κ1) is 17.5. The van der Waals surface area contributed by atoms with Crippen molar-refractivity contribution in [1.82, 2.24) is 5.32 Å². The molecule has 0 bridgehead atoms. The van der Waals surface area contributed by atoms with Gasteiger partial charge in [0, 0.05) is 32.5 Å². The molecule has 5 nitrogen and oxygen atoms in total. The van der Waals surface area contributed by atoms with Crippen molar-refractivity contribution in [3.63, 3.8) is 0 Å². The van der Waals surface area contributed by atoms with Crippen LogP contribution in [0.1, 0.15) is 0 Å². The van der Waals surface area contributed by atoms with Crippen molar-refractivity contribution >= 4 is 13.8 Å². The van der Waals surface area contributed by atoms with Crippen LogP contribution in [0, 0.1) is 5.41 Å². The van der Waals surface area contributed by atoms with Crippen molar-refractivity contribution in [2.24, 2.45) is 0 Å². The number of rotatable bonds is 8. The summed E-state index contributed by atoms with van der Waals surface area (Å²) in [7, 11) is 2.11. The predicted octanol–water partition coefficient (Wildman–Crippen LogP) is 2.87. The van der Waals surface area contributed by atoms with Gasteiger partial charge in [0.25, 0.3) is 0 Å². The lowest BCUT2D eigenvalue weighted by atomic mass is 10.0. The Morgan fingerprint density at radius 3 is 2.33 bits per heavy atom. The van der Waals surface area contributed by atoms with Gasteiger partial charge in [-0.15, -0.1) is 0 Å². The Balaban J connectivity index is 2.45. The van der Waals surface area contributed by atoms with Crippen LogP contribution >= 0.6 is 0 Å². The van der Waals surface area contributed by atoms with Crippen LogP contribution in [-0.2, 0) is 14.2 Å². The molecular weight excluding hydrogens is 284 g/mol. The van der Waals surface area contributed by atoms with Gasteiger partial charge in [-0.05, 0) is 12.1 Å². The highest BCUT2D eigenvalue weighted by atomic mass is 28.3. The van der Waals surface area contributed by atoms with E-state index in [0.29, 0.717) is 24.0 Å². The van der Waals surface area contributed by atoms with Gasteiger partial charge >= 0.3 is 0 Å². The summed E-state index contributed by atoms with van der Waals surface area (Å²) in [6, 6.07) is 1.15. The monoisotopic (exact) mass is 310 g/mol. The van der Waals surface area contributed by atoms with Gasteiger partial charge in [0.2, 0.25) is 0 Å². The Labute approximate surface area is 128 Å². The molecule has 0 saturated carbocycles. The van der Waals surface area contributed by atoms with Gasteiger partial charge in [-0.25, -0.2) is 0 Å². The van der Waals surface area contributed by atoms with Gasteiger partial charge in [-0.3, -0.25) is 0 Å². The van der Waals surface area contributed by atoms with Crippen LogP contribution in [-0.4, -0.2) is 41.3 Å². The van der Waals surface area contributed by atoms with Crippen LogP contribution in [0.5, 0.6) is 0 Å². The summed E-state index contributed by atoms with van der Waals surface area (Å²) in [6.07, 6.45) is 5.17. The lowest BCUT2D eigenvalue weighted by Gasteiger charge is -2.17. The summed E-state index contributed by atoms with van der Waals surface area (Å²) in [5.41, 5.74) is 1.11. The van der Waals surface area contributed by atoms with Crippen molar-refractivity contribution in [2.75, 3.05) is 27.6 Å². The van der Waals surface area contributed by atoms with Gasteiger partial charge in [0.05, 0.1) is 19.9 Å². The largest absolute Gasteiger partial charge is 0.493 e. The summed E-state index contributed by atoms with van der Waals surface area (Å²) in [4.78, 5) is 0. The van der Waals surface area contributed by atoms with Gasteiger partial charge in [0.15, 0.2) is 11.5 Å². The first-order valence-electron chi connectivity index (χ1n) is 6.99. The van der Waals surface area contributed by atoms with Gasteiger partial charge in [-0.2, -0.15) is 0 Å². The van der Waals surface area contributed by atoms with Crippen LogP contribution in [0.2, 0.25) is 25.7 Å². The highest BCUT2D eigenvalue weighted by molar-refractivity contribution is 6.76. The fraction of sp³-hybridized carbons (Fsp3) is 0.533. The van der Waals surface area contributed by atoms with E-state index in [-0.39, 0.29) is 0 Å². The molecule has 0 aliphatic heterocycles. The highest BCUT2D eigenvalue weighted by Crippen LogP contribution is 2.21. The molecule has 0 aromatic rings. The minimum atomic E-state index is -1.04. The topological polar surface area (TPSA) is 63.6 Å². The fourth-order valence-electron chi connectivity index (χ4n) is 1.68. The molecule has 0 unspecified atom stereocenters. The van der Waals surface area contributed by atoms with E-state index in [4.69, 9.17) is 19.6 Å². The second-order valence-corrected chi connectivity index (χ2v) is 11.6. The van der Waals surface area contributed by atoms with E-state index in [1.165, 1.54) is 0 Å². The molecule has 0 atom stereocenters. The zero-order chi connectivity index (χ0) is 15.9. The second kappa shape index (κ2) is 8.04. The summed E-state index contributed by atoms with van der Waals surface area (Å²) < 4.78 is 15.9. The molecule has 118 valence electrons. The molecular formula is C15H26N2O3Si. The van der Waals surface area contributed by atoms with Gasteiger partial charge in [-0.1, -0.05) is 19.6 Å². The first-order chi connectivity index (χ1) is 9.87. The zero-order valence-electron chi connectivity index (χ0n) is 13.6. The molecule has 0 aromatic heterocycles. The highest BCUT2D eigenvalue weighted by Gasteiger charge is 2.16. The molecule has 0 radical (unpaired) electrons. The van der Waals surface area contributed by atoms with E-state index in [9.17, 15) is 0 Å². The van der Waals surface area contributed by atoms with E-state index in [0.717, 1.165) is 18.2 Å². The summed E-state index contributed by atoms with van der Waals surface area (Å²) in [5.74, 6) is 1.17. The molecule has 0 aromatic carbocycles. The summed E-state index contributed by atoms with van der Waals surface area (Å²) >= 11 is 0. The van der Waals surface area contributed by atoms with E-state index < -0.39 is 8.07 Å². The predicted molar refractivity (Wildman–Crippen MR) is 88.1 cm³/mol. The van der Waals surface area contributed by atoms with Crippen LogP contribution < -0.4 is 5.32 Å². The third-order valence-electron chi connectivity index (χ3n) is 3.00. The molecule has 1 rings (SSSR count). The minimum absolute atomic E-state index is 0.377. The maximum atomic E-state index is 7.94. The van der Waals surface area contributed by atoms with Gasteiger partial charge < -0.3 is 24.9 Å². The van der Waals surface area contributed by atoms with E-state index in [1.807, 2.05) is 0 Å². The Bertz CT molecular complexity index is 462. The van der Waals surface area contributed by atoms with E-state index in [2.05, 4.69) is 25.0 Å². The molecule has 0 spiro atoms. The van der Waals surface area contributed by atoms with Crippen LogP contribution in [0.4, 0.5) is 0 Å². The fourth-order valence-corrected chi connectivity index (χ4v) is 2.43. The Hall–Kier alpha value is -1.53. The Morgan fingerprint density at radius 1 is 1.14 bits per heavy atom. The number of methoxy groups -OCH3 is 2. The van der Waals surface area contributed by atoms with Crippen LogP contribution in [0.3, 0.4) is 0 Å². The molecule has 0 saturated heterocycles. The van der Waals surface area contributed by atoms with E-state index >= 15 is 0 Å². The zero-order valence-corrected chi connectivity index (χ0v) is 14.6. The molecule has 21 heavy (non-hydrogen) atoms. The Morgan fingerprint density at radius 2 is 1.76 bits per heavy atom. The standard InChI is InChI=1S/C15H26N2O3Si/c1-18-14-8-12(13(16)9-15(14)19-2)10-17-11-20-6-7-21(3,4)5/h8-10,16-17H,6-7,11H2,1-5H3/b12-10-,16-13?. The smallest absolute Gasteiger partial charge is 0.162 e. The maximum absolute atomic E-state index is 7.94. The average molecular weight is 310 g/mol. The lowest BCUT2D eigenvalue weighted by Crippen LogP contribution is -2.23. The number of ether oxygens (including phenoxy) is 3. The molecule has 1 aliphatic rings. The quantitative estimate of drug-likeness (QED) is 0.411. The molecule has 0 heterocycles. The molecule has 0 amide bonds. The SMILES string of the molecule is COC1=CC(=N)/C(=C\NCOCC[Si](C)(C)C)C=C1OC.